The summed E-state index contributed by atoms with van der Waals surface area (Å²) < 4.78 is 5.30. The highest BCUT2D eigenvalue weighted by molar-refractivity contribution is 5.77. The molecule has 19 heavy (non-hydrogen) atoms. The number of hydrogen-bond acceptors (Lipinski definition) is 3. The molecular weight excluding hydrogens is 248 g/mol. The summed E-state index contributed by atoms with van der Waals surface area (Å²) in [6, 6.07) is -0.0944. The highest BCUT2D eigenvalue weighted by atomic mass is 16.5. The Balaban J connectivity index is 2.48. The predicted molar refractivity (Wildman–Crippen MR) is 71.0 cm³/mol. The molecule has 2 atom stereocenters. The second kappa shape index (κ2) is 6.23. The summed E-state index contributed by atoms with van der Waals surface area (Å²) in [7, 11) is 1.68. The number of rotatable bonds is 4. The minimum Gasteiger partial charge on any atom is -0.481 e. The van der Waals surface area contributed by atoms with Gasteiger partial charge in [-0.25, -0.2) is 4.79 Å². The van der Waals surface area contributed by atoms with E-state index >= 15 is 0 Å². The van der Waals surface area contributed by atoms with Crippen molar-refractivity contribution in [2.45, 2.75) is 45.8 Å². The molecule has 2 unspecified atom stereocenters. The summed E-state index contributed by atoms with van der Waals surface area (Å²) in [6.07, 6.45) is 1.83. The quantitative estimate of drug-likeness (QED) is 0.808. The number of nitrogens with one attached hydrogen (secondary N) is 1. The first-order valence-corrected chi connectivity index (χ1v) is 6.58. The minimum atomic E-state index is -0.955. The molecule has 6 nitrogen and oxygen atoms in total. The van der Waals surface area contributed by atoms with E-state index in [4.69, 9.17) is 9.84 Å². The first kappa shape index (κ1) is 15.8. The van der Waals surface area contributed by atoms with Crippen LogP contribution in [-0.2, 0) is 9.53 Å². The number of carboxylic acid groups (broad SMARTS) is 1. The monoisotopic (exact) mass is 272 g/mol. The van der Waals surface area contributed by atoms with E-state index in [0.717, 1.165) is 12.8 Å². The fraction of sp³-hybridized carbons (Fsp3) is 0.846. The lowest BCUT2D eigenvalue weighted by atomic mass is 9.94. The normalized spacial score (nSPS) is 24.1. The van der Waals surface area contributed by atoms with Gasteiger partial charge in [0.15, 0.2) is 0 Å². The molecule has 1 heterocycles. The minimum absolute atomic E-state index is 0.103. The zero-order valence-electron chi connectivity index (χ0n) is 12.1. The Bertz CT molecular complexity index is 344. The molecule has 0 aromatic carbocycles. The van der Waals surface area contributed by atoms with E-state index in [1.165, 1.54) is 0 Å². The van der Waals surface area contributed by atoms with Gasteiger partial charge >= 0.3 is 12.0 Å². The van der Waals surface area contributed by atoms with Gasteiger partial charge in [-0.1, -0.05) is 0 Å². The van der Waals surface area contributed by atoms with Gasteiger partial charge in [0, 0.05) is 26.2 Å². The Morgan fingerprint density at radius 2 is 2.11 bits per heavy atom. The van der Waals surface area contributed by atoms with Gasteiger partial charge in [-0.05, 0) is 33.6 Å². The average molecular weight is 272 g/mol. The number of carbonyl (C=O) groups excluding carboxylic acids is 1. The van der Waals surface area contributed by atoms with Gasteiger partial charge in [0.05, 0.1) is 11.5 Å². The molecule has 1 aliphatic heterocycles. The Morgan fingerprint density at radius 1 is 1.47 bits per heavy atom. The maximum Gasteiger partial charge on any atom is 0.317 e. The lowest BCUT2D eigenvalue weighted by Crippen LogP contribution is -2.52. The van der Waals surface area contributed by atoms with Crippen LogP contribution >= 0.6 is 0 Å². The number of ether oxygens (including phenoxy) is 1. The van der Waals surface area contributed by atoms with Gasteiger partial charge < -0.3 is 20.1 Å². The number of urea groups is 1. The van der Waals surface area contributed by atoms with Crippen molar-refractivity contribution >= 4 is 12.0 Å². The summed E-state index contributed by atoms with van der Waals surface area (Å²) in [4.78, 5) is 24.8. The van der Waals surface area contributed by atoms with Gasteiger partial charge in [0.25, 0.3) is 0 Å². The second-order valence-electron chi connectivity index (χ2n) is 5.77. The summed E-state index contributed by atoms with van der Waals surface area (Å²) in [5.41, 5.74) is -0.955. The Kier molecular flexibility index (Phi) is 5.17. The van der Waals surface area contributed by atoms with E-state index in [0.29, 0.717) is 6.54 Å². The van der Waals surface area contributed by atoms with E-state index in [1.54, 1.807) is 25.9 Å². The molecule has 2 amide bonds. The molecule has 0 radical (unpaired) electrons. The average Bonchev–Trinajstić information content (AvgIpc) is 2.35. The third-order valence-corrected chi connectivity index (χ3v) is 3.68. The van der Waals surface area contributed by atoms with Crippen LogP contribution in [0.1, 0.15) is 33.6 Å². The lowest BCUT2D eigenvalue weighted by molar-refractivity contribution is -0.146. The lowest BCUT2D eigenvalue weighted by Gasteiger charge is -2.37. The molecule has 1 saturated heterocycles. The summed E-state index contributed by atoms with van der Waals surface area (Å²) >= 11 is 0. The zero-order valence-corrected chi connectivity index (χ0v) is 12.1. The molecule has 1 rings (SSSR count). The number of piperidine rings is 1. The van der Waals surface area contributed by atoms with E-state index in [1.807, 2.05) is 6.92 Å². The smallest absolute Gasteiger partial charge is 0.317 e. The number of carbonyl (C=O) groups is 2. The van der Waals surface area contributed by atoms with Crippen LogP contribution in [0.5, 0.6) is 0 Å². The van der Waals surface area contributed by atoms with Crippen molar-refractivity contribution in [2.75, 3.05) is 20.2 Å². The van der Waals surface area contributed by atoms with E-state index < -0.39 is 11.4 Å². The highest BCUT2D eigenvalue weighted by Crippen LogP contribution is 2.20. The number of carboxylic acids is 1. The van der Waals surface area contributed by atoms with Gasteiger partial charge in [-0.2, -0.15) is 0 Å². The van der Waals surface area contributed by atoms with E-state index in [2.05, 4.69) is 5.32 Å². The number of hydrogen-bond donors (Lipinski definition) is 2. The molecule has 110 valence electrons. The van der Waals surface area contributed by atoms with Crippen LogP contribution < -0.4 is 5.32 Å². The Hall–Kier alpha value is -1.30. The Morgan fingerprint density at radius 3 is 2.58 bits per heavy atom. The van der Waals surface area contributed by atoms with Crippen LogP contribution in [0.2, 0.25) is 0 Å². The van der Waals surface area contributed by atoms with Gasteiger partial charge in [-0.3, -0.25) is 4.79 Å². The zero-order chi connectivity index (χ0) is 14.6. The molecule has 1 fully saturated rings. The van der Waals surface area contributed by atoms with Crippen LogP contribution in [0, 0.1) is 5.41 Å². The maximum atomic E-state index is 12.1. The second-order valence-corrected chi connectivity index (χ2v) is 5.77. The predicted octanol–water partition coefficient (Wildman–Crippen LogP) is 1.31. The third kappa shape index (κ3) is 4.09. The molecule has 2 N–H and O–H groups in total. The topological polar surface area (TPSA) is 78.9 Å². The molecule has 0 spiro atoms. The van der Waals surface area contributed by atoms with Crippen LogP contribution in [0.3, 0.4) is 0 Å². The van der Waals surface area contributed by atoms with Gasteiger partial charge in [0.2, 0.25) is 0 Å². The first-order valence-electron chi connectivity index (χ1n) is 6.58. The van der Waals surface area contributed by atoms with Crippen molar-refractivity contribution in [1.82, 2.24) is 10.2 Å². The van der Waals surface area contributed by atoms with Crippen molar-refractivity contribution in [2.24, 2.45) is 5.41 Å². The number of nitrogens with zero attached hydrogens (tertiary/aromatic N) is 1. The van der Waals surface area contributed by atoms with E-state index in [-0.39, 0.29) is 24.7 Å². The molecule has 1 aliphatic rings. The van der Waals surface area contributed by atoms with Crippen molar-refractivity contribution < 1.29 is 19.4 Å². The fourth-order valence-electron chi connectivity index (χ4n) is 2.12. The van der Waals surface area contributed by atoms with Crippen molar-refractivity contribution in [3.63, 3.8) is 0 Å². The maximum absolute atomic E-state index is 12.1. The van der Waals surface area contributed by atoms with Crippen LogP contribution in [0.4, 0.5) is 4.79 Å². The third-order valence-electron chi connectivity index (χ3n) is 3.68. The summed E-state index contributed by atoms with van der Waals surface area (Å²) in [5.74, 6) is -0.918. The summed E-state index contributed by atoms with van der Waals surface area (Å²) in [5, 5.41) is 11.7. The van der Waals surface area contributed by atoms with Gasteiger partial charge in [-0.15, -0.1) is 0 Å². The molecule has 0 aliphatic carbocycles. The van der Waals surface area contributed by atoms with Crippen molar-refractivity contribution in [3.8, 4) is 0 Å². The molecule has 0 aromatic rings. The fourth-order valence-corrected chi connectivity index (χ4v) is 2.12. The Labute approximate surface area is 114 Å². The number of aliphatic carboxylic acids is 1. The molecular formula is C13H24N2O4. The SMILES string of the molecule is COC1CCN(C(=O)NCC(C)(C)C(=O)O)C(C)C1. The van der Waals surface area contributed by atoms with Gasteiger partial charge in [0.1, 0.15) is 0 Å². The molecule has 0 saturated carbocycles. The van der Waals surface area contributed by atoms with Crippen LogP contribution in [0.15, 0.2) is 0 Å². The molecule has 6 heteroatoms. The van der Waals surface area contributed by atoms with Crippen molar-refractivity contribution in [3.05, 3.63) is 0 Å². The number of likely N-dealkylation sites (tertiary alicyclic amines) is 1. The van der Waals surface area contributed by atoms with Crippen molar-refractivity contribution in [1.29, 1.82) is 0 Å². The number of methoxy groups -OCH3 is 1. The standard InChI is InChI=1S/C13H24N2O4/c1-9-7-10(19-4)5-6-15(9)12(18)14-8-13(2,3)11(16)17/h9-10H,5-8H2,1-4H3,(H,14,18)(H,16,17). The van der Waals surface area contributed by atoms with Crippen LogP contribution in [-0.4, -0.2) is 54.4 Å². The highest BCUT2D eigenvalue weighted by Gasteiger charge is 2.31. The summed E-state index contributed by atoms with van der Waals surface area (Å²) in [6.45, 7) is 5.93. The first-order chi connectivity index (χ1) is 8.77. The molecule has 0 bridgehead atoms. The molecule has 0 aromatic heterocycles. The van der Waals surface area contributed by atoms with Crippen LogP contribution in [0.25, 0.3) is 0 Å². The largest absolute Gasteiger partial charge is 0.481 e. The number of amides is 2. The van der Waals surface area contributed by atoms with E-state index in [9.17, 15) is 9.59 Å².